The largest absolute Gasteiger partial charge is 0.207 e. The molecule has 0 N–H and O–H groups in total. The first-order valence-corrected chi connectivity index (χ1v) is 10.0. The summed E-state index contributed by atoms with van der Waals surface area (Å²) in [5, 5.41) is -0.503. The normalized spacial score (nSPS) is 26.9. The maximum atomic E-state index is 14.3. The number of allylic oxidation sites excluding steroid dienone is 2. The molecule has 0 nitrogen and oxygen atoms in total. The van der Waals surface area contributed by atoms with Crippen molar-refractivity contribution in [3.8, 4) is 0 Å². The molecule has 0 amide bonds. The molecule has 2 aliphatic rings. The first-order valence-electron chi connectivity index (χ1n) is 9.65. The molecule has 1 saturated carbocycles. The molecule has 2 aromatic carbocycles. The Morgan fingerprint density at radius 3 is 2.32 bits per heavy atom. The maximum absolute atomic E-state index is 14.3. The van der Waals surface area contributed by atoms with E-state index < -0.39 is 28.3 Å². The molecule has 0 unspecified atom stereocenters. The summed E-state index contributed by atoms with van der Waals surface area (Å²) >= 11 is 5.68. The van der Waals surface area contributed by atoms with Crippen molar-refractivity contribution in [1.29, 1.82) is 0 Å². The van der Waals surface area contributed by atoms with Gasteiger partial charge >= 0.3 is 0 Å². The minimum atomic E-state index is -0.772. The van der Waals surface area contributed by atoms with Crippen LogP contribution in [0.2, 0.25) is 5.02 Å². The molecule has 0 bridgehead atoms. The molecule has 0 heterocycles. The topological polar surface area (TPSA) is 0 Å². The summed E-state index contributed by atoms with van der Waals surface area (Å²) in [6, 6.07) is 5.00. The molecule has 0 aliphatic heterocycles. The summed E-state index contributed by atoms with van der Waals surface area (Å²) in [5.41, 5.74) is 1.87. The predicted octanol–water partition coefficient (Wildman–Crippen LogP) is 7.31. The van der Waals surface area contributed by atoms with Crippen LogP contribution in [0, 0.1) is 35.1 Å². The summed E-state index contributed by atoms with van der Waals surface area (Å²) in [4.78, 5) is 0. The highest BCUT2D eigenvalue weighted by Crippen LogP contribution is 2.54. The lowest BCUT2D eigenvalue weighted by molar-refractivity contribution is 0.193. The highest BCUT2D eigenvalue weighted by Gasteiger charge is 2.43. The molecule has 2 aliphatic carbocycles. The maximum Gasteiger partial charge on any atom is 0.145 e. The fourth-order valence-electron chi connectivity index (χ4n) is 5.35. The number of benzene rings is 2. The van der Waals surface area contributed by atoms with Crippen LogP contribution >= 0.6 is 11.6 Å². The number of fused-ring (bicyclic) bond motifs is 3. The van der Waals surface area contributed by atoms with Gasteiger partial charge in [0.05, 0.1) is 0 Å². The summed E-state index contributed by atoms with van der Waals surface area (Å²) < 4.78 is 56.6. The van der Waals surface area contributed by atoms with Gasteiger partial charge in [-0.15, -0.1) is 0 Å². The van der Waals surface area contributed by atoms with Gasteiger partial charge in [0, 0.05) is 6.07 Å². The lowest BCUT2D eigenvalue weighted by Crippen LogP contribution is -2.35. The van der Waals surface area contributed by atoms with E-state index in [0.29, 0.717) is 29.5 Å². The van der Waals surface area contributed by atoms with E-state index in [1.165, 1.54) is 18.2 Å². The predicted molar refractivity (Wildman–Crippen MR) is 103 cm³/mol. The van der Waals surface area contributed by atoms with Gasteiger partial charge in [0.1, 0.15) is 28.3 Å². The quantitative estimate of drug-likeness (QED) is 0.277. The van der Waals surface area contributed by atoms with E-state index in [-0.39, 0.29) is 23.7 Å². The van der Waals surface area contributed by atoms with Gasteiger partial charge in [-0.1, -0.05) is 23.8 Å². The van der Waals surface area contributed by atoms with Crippen LogP contribution in [-0.4, -0.2) is 0 Å². The average Bonchev–Trinajstić information content (AvgIpc) is 2.65. The van der Waals surface area contributed by atoms with Gasteiger partial charge in [-0.2, -0.15) is 0 Å². The van der Waals surface area contributed by atoms with Crippen molar-refractivity contribution in [2.45, 2.75) is 44.4 Å². The van der Waals surface area contributed by atoms with Gasteiger partial charge in [-0.3, -0.25) is 0 Å². The van der Waals surface area contributed by atoms with Crippen LogP contribution in [0.3, 0.4) is 0 Å². The third-order valence-corrected chi connectivity index (χ3v) is 6.76. The number of halogens is 5. The van der Waals surface area contributed by atoms with Crippen LogP contribution in [0.1, 0.15) is 54.7 Å². The Balaban J connectivity index is 1.81. The highest BCUT2D eigenvalue weighted by molar-refractivity contribution is 6.30. The molecule has 4 rings (SSSR count). The molecule has 0 spiro atoms. The van der Waals surface area contributed by atoms with E-state index in [4.69, 9.17) is 11.6 Å². The van der Waals surface area contributed by atoms with E-state index >= 15 is 0 Å². The van der Waals surface area contributed by atoms with Crippen molar-refractivity contribution < 1.29 is 17.6 Å². The highest BCUT2D eigenvalue weighted by atomic mass is 35.5. The molecule has 1 fully saturated rings. The molecule has 2 aromatic rings. The number of hydrogen-bond acceptors (Lipinski definition) is 0. The van der Waals surface area contributed by atoms with Gasteiger partial charge < -0.3 is 0 Å². The monoisotopic (exact) mass is 408 g/mol. The van der Waals surface area contributed by atoms with Crippen molar-refractivity contribution in [2.75, 3.05) is 0 Å². The minimum absolute atomic E-state index is 0.0257. The molecular formula is C23H21ClF4. The summed E-state index contributed by atoms with van der Waals surface area (Å²) in [6.07, 6.45) is 6.82. The average molecular weight is 409 g/mol. The van der Waals surface area contributed by atoms with Crippen LogP contribution in [0.15, 0.2) is 36.4 Å². The molecule has 28 heavy (non-hydrogen) atoms. The Kier molecular flexibility index (Phi) is 5.26. The van der Waals surface area contributed by atoms with Gasteiger partial charge in [0.25, 0.3) is 0 Å². The van der Waals surface area contributed by atoms with E-state index in [1.54, 1.807) is 0 Å². The number of hydrogen-bond donors (Lipinski definition) is 0. The third kappa shape index (κ3) is 3.26. The lowest BCUT2D eigenvalue weighted by Gasteiger charge is -2.46. The molecule has 0 aromatic heterocycles. The standard InChI is InChI=1S/C23H21ClF4/c1-2-3-12-4-5-15-17(7-6-16-18(15)10-14(25)11-19(16)26)22(12)13-8-20(27)23(24)21(28)9-13/h2-3,8-12,15,17,22H,4-7H2,1H3/t12-,15-,17+,22-/m1/s1. The van der Waals surface area contributed by atoms with Gasteiger partial charge in [-0.05, 0) is 91.2 Å². The Morgan fingerprint density at radius 2 is 1.64 bits per heavy atom. The lowest BCUT2D eigenvalue weighted by atomic mass is 9.58. The fourth-order valence-corrected chi connectivity index (χ4v) is 5.46. The first-order chi connectivity index (χ1) is 13.4. The Bertz CT molecular complexity index is 913. The second kappa shape index (κ2) is 7.55. The Hall–Kier alpha value is -1.81. The summed E-state index contributed by atoms with van der Waals surface area (Å²) in [6.45, 7) is 1.92. The molecule has 148 valence electrons. The SMILES string of the molecule is CC=C[C@@H]1CC[C@H]2c3cc(F)cc(F)c3CC[C@@H]2[C@H]1c1cc(F)c(Cl)c(F)c1. The van der Waals surface area contributed by atoms with Crippen LogP contribution in [0.25, 0.3) is 0 Å². The zero-order valence-electron chi connectivity index (χ0n) is 15.5. The molecule has 0 saturated heterocycles. The second-order valence-electron chi connectivity index (χ2n) is 7.86. The van der Waals surface area contributed by atoms with Crippen molar-refractivity contribution in [2.24, 2.45) is 11.8 Å². The van der Waals surface area contributed by atoms with Gasteiger partial charge in [0.15, 0.2) is 0 Å². The third-order valence-electron chi connectivity index (χ3n) is 6.40. The Labute approximate surface area is 167 Å². The zero-order chi connectivity index (χ0) is 20.0. The summed E-state index contributed by atoms with van der Waals surface area (Å²) in [5.74, 6) is -2.60. The van der Waals surface area contributed by atoms with Crippen molar-refractivity contribution >= 4 is 11.6 Å². The summed E-state index contributed by atoms with van der Waals surface area (Å²) in [7, 11) is 0. The number of rotatable bonds is 2. The van der Waals surface area contributed by atoms with Gasteiger partial charge in [0.2, 0.25) is 0 Å². The smallest absolute Gasteiger partial charge is 0.145 e. The van der Waals surface area contributed by atoms with Crippen LogP contribution in [0.5, 0.6) is 0 Å². The van der Waals surface area contributed by atoms with E-state index in [9.17, 15) is 17.6 Å². The van der Waals surface area contributed by atoms with Gasteiger partial charge in [-0.25, -0.2) is 17.6 Å². The fraction of sp³-hybridized carbons (Fsp3) is 0.391. The van der Waals surface area contributed by atoms with Crippen LogP contribution in [-0.2, 0) is 6.42 Å². The van der Waals surface area contributed by atoms with Crippen molar-refractivity contribution in [3.63, 3.8) is 0 Å². The second-order valence-corrected chi connectivity index (χ2v) is 8.23. The molecular weight excluding hydrogens is 388 g/mol. The molecule has 0 radical (unpaired) electrons. The van der Waals surface area contributed by atoms with Crippen molar-refractivity contribution in [1.82, 2.24) is 0 Å². The first kappa shape index (κ1) is 19.5. The van der Waals surface area contributed by atoms with Crippen LogP contribution < -0.4 is 0 Å². The van der Waals surface area contributed by atoms with Crippen molar-refractivity contribution in [3.05, 3.63) is 81.4 Å². The van der Waals surface area contributed by atoms with E-state index in [2.05, 4.69) is 6.08 Å². The van der Waals surface area contributed by atoms with E-state index in [0.717, 1.165) is 18.9 Å². The van der Waals surface area contributed by atoms with Crippen LogP contribution in [0.4, 0.5) is 17.6 Å². The Morgan fingerprint density at radius 1 is 0.929 bits per heavy atom. The molecule has 4 atom stereocenters. The molecule has 5 heteroatoms. The zero-order valence-corrected chi connectivity index (χ0v) is 16.2. The van der Waals surface area contributed by atoms with E-state index in [1.807, 2.05) is 13.0 Å². The minimum Gasteiger partial charge on any atom is -0.207 e.